The van der Waals surface area contributed by atoms with Crippen LogP contribution in [0.3, 0.4) is 0 Å². The van der Waals surface area contributed by atoms with Crippen LogP contribution < -0.4 is 5.56 Å². The van der Waals surface area contributed by atoms with Crippen molar-refractivity contribution in [3.63, 3.8) is 0 Å². The molecule has 3 aromatic heterocycles. The van der Waals surface area contributed by atoms with E-state index in [1.54, 1.807) is 6.92 Å². The van der Waals surface area contributed by atoms with E-state index in [1.807, 2.05) is 37.3 Å². The van der Waals surface area contributed by atoms with E-state index in [0.29, 0.717) is 17.1 Å². The number of fused-ring (bicyclic) bond motifs is 1. The van der Waals surface area contributed by atoms with Gasteiger partial charge in [-0.3, -0.25) is 9.36 Å². The van der Waals surface area contributed by atoms with Crippen LogP contribution in [-0.4, -0.2) is 19.7 Å². The molecule has 3 heterocycles. The summed E-state index contributed by atoms with van der Waals surface area (Å²) < 4.78 is 6.62. The van der Waals surface area contributed by atoms with Crippen LogP contribution >= 0.6 is 11.3 Å². The van der Waals surface area contributed by atoms with E-state index in [1.165, 1.54) is 22.2 Å². The fourth-order valence-electron chi connectivity index (χ4n) is 2.75. The van der Waals surface area contributed by atoms with Crippen LogP contribution in [0.15, 0.2) is 46.0 Å². The molecule has 0 atom stereocenters. The number of hydrogen-bond acceptors (Lipinski definition) is 6. The van der Waals surface area contributed by atoms with E-state index in [-0.39, 0.29) is 12.1 Å². The summed E-state index contributed by atoms with van der Waals surface area (Å²) >= 11 is 1.53. The third kappa shape index (κ3) is 2.43. The monoisotopic (exact) mass is 338 g/mol. The number of thiophene rings is 1. The summed E-state index contributed by atoms with van der Waals surface area (Å²) in [6, 6.07) is 9.91. The molecular formula is C17H14N4O2S. The quantitative estimate of drug-likeness (QED) is 0.573. The predicted molar refractivity (Wildman–Crippen MR) is 92.2 cm³/mol. The van der Waals surface area contributed by atoms with Crippen LogP contribution in [0.4, 0.5) is 0 Å². The minimum Gasteiger partial charge on any atom is -0.337 e. The molecule has 120 valence electrons. The molecule has 0 aliphatic carbocycles. The van der Waals surface area contributed by atoms with Gasteiger partial charge >= 0.3 is 0 Å². The number of aryl methyl sites for hydroxylation is 2. The molecule has 0 saturated heterocycles. The number of rotatable bonds is 3. The zero-order chi connectivity index (χ0) is 16.7. The Bertz CT molecular complexity index is 1080. The van der Waals surface area contributed by atoms with Gasteiger partial charge in [0.2, 0.25) is 5.89 Å². The molecule has 0 radical (unpaired) electrons. The second-order valence-electron chi connectivity index (χ2n) is 5.49. The summed E-state index contributed by atoms with van der Waals surface area (Å²) in [6.07, 6.45) is 1.54. The highest BCUT2D eigenvalue weighted by atomic mass is 32.1. The Balaban J connectivity index is 1.90. The van der Waals surface area contributed by atoms with E-state index in [9.17, 15) is 4.79 Å². The molecule has 6 nitrogen and oxygen atoms in total. The van der Waals surface area contributed by atoms with Crippen LogP contribution in [0, 0.1) is 13.8 Å². The SMILES string of the molecule is Cc1noc(Cn2cnc3sc(C)c(-c4ccccc4)c3c2=O)n1. The molecule has 24 heavy (non-hydrogen) atoms. The number of nitrogens with zero attached hydrogens (tertiary/aromatic N) is 4. The Labute approximate surface area is 141 Å². The lowest BCUT2D eigenvalue weighted by Gasteiger charge is -2.04. The average Bonchev–Trinajstić information content (AvgIpc) is 3.14. The second-order valence-corrected chi connectivity index (χ2v) is 6.70. The third-order valence-corrected chi connectivity index (χ3v) is 4.81. The van der Waals surface area contributed by atoms with Crippen molar-refractivity contribution in [1.29, 1.82) is 0 Å². The maximum atomic E-state index is 13.0. The van der Waals surface area contributed by atoms with E-state index >= 15 is 0 Å². The largest absolute Gasteiger partial charge is 0.337 e. The molecule has 0 spiro atoms. The average molecular weight is 338 g/mol. The van der Waals surface area contributed by atoms with Crippen molar-refractivity contribution in [3.8, 4) is 11.1 Å². The fraction of sp³-hybridized carbons (Fsp3) is 0.176. The molecule has 0 N–H and O–H groups in total. The summed E-state index contributed by atoms with van der Waals surface area (Å²) in [5.74, 6) is 0.937. The van der Waals surface area contributed by atoms with Crippen molar-refractivity contribution in [2.45, 2.75) is 20.4 Å². The van der Waals surface area contributed by atoms with Crippen molar-refractivity contribution < 1.29 is 4.52 Å². The first-order valence-corrected chi connectivity index (χ1v) is 8.28. The molecule has 0 amide bonds. The van der Waals surface area contributed by atoms with Crippen molar-refractivity contribution in [2.75, 3.05) is 0 Å². The molecule has 0 aliphatic rings. The molecule has 4 aromatic rings. The lowest BCUT2D eigenvalue weighted by Crippen LogP contribution is -2.21. The minimum atomic E-state index is -0.0981. The Morgan fingerprint density at radius 3 is 2.71 bits per heavy atom. The maximum absolute atomic E-state index is 13.0. The van der Waals surface area contributed by atoms with E-state index < -0.39 is 0 Å². The van der Waals surface area contributed by atoms with Gasteiger partial charge in [-0.2, -0.15) is 4.98 Å². The molecule has 4 rings (SSSR count). The summed E-state index contributed by atoms with van der Waals surface area (Å²) in [5.41, 5.74) is 1.87. The van der Waals surface area contributed by atoms with Gasteiger partial charge in [0, 0.05) is 10.4 Å². The topological polar surface area (TPSA) is 73.8 Å². The first-order chi connectivity index (χ1) is 11.6. The van der Waals surface area contributed by atoms with Gasteiger partial charge in [0.15, 0.2) is 5.82 Å². The summed E-state index contributed by atoms with van der Waals surface area (Å²) in [4.78, 5) is 23.4. The Morgan fingerprint density at radius 1 is 1.21 bits per heavy atom. The molecule has 0 bridgehead atoms. The Kier molecular flexibility index (Phi) is 3.50. The number of aromatic nitrogens is 4. The van der Waals surface area contributed by atoms with Gasteiger partial charge in [-0.25, -0.2) is 4.98 Å². The van der Waals surface area contributed by atoms with Gasteiger partial charge in [0.05, 0.1) is 11.7 Å². The Hall–Kier alpha value is -2.80. The highest BCUT2D eigenvalue weighted by Gasteiger charge is 2.17. The third-order valence-electron chi connectivity index (χ3n) is 3.79. The zero-order valence-electron chi connectivity index (χ0n) is 13.2. The molecule has 7 heteroatoms. The van der Waals surface area contributed by atoms with Gasteiger partial charge in [-0.1, -0.05) is 35.5 Å². The molecular weight excluding hydrogens is 324 g/mol. The van der Waals surface area contributed by atoms with Gasteiger partial charge in [-0.15, -0.1) is 11.3 Å². The highest BCUT2D eigenvalue weighted by molar-refractivity contribution is 7.19. The van der Waals surface area contributed by atoms with Crippen LogP contribution in [-0.2, 0) is 6.54 Å². The van der Waals surface area contributed by atoms with Crippen LogP contribution in [0.25, 0.3) is 21.3 Å². The molecule has 0 unspecified atom stereocenters. The van der Waals surface area contributed by atoms with E-state index in [4.69, 9.17) is 4.52 Å². The summed E-state index contributed by atoms with van der Waals surface area (Å²) in [6.45, 7) is 3.97. The summed E-state index contributed by atoms with van der Waals surface area (Å²) in [5, 5.41) is 4.40. The minimum absolute atomic E-state index is 0.0981. The first kappa shape index (κ1) is 14.8. The van der Waals surface area contributed by atoms with Crippen molar-refractivity contribution in [1.82, 2.24) is 19.7 Å². The van der Waals surface area contributed by atoms with Crippen molar-refractivity contribution >= 4 is 21.6 Å². The highest BCUT2D eigenvalue weighted by Crippen LogP contribution is 2.35. The van der Waals surface area contributed by atoms with Crippen molar-refractivity contribution in [3.05, 3.63) is 63.6 Å². The maximum Gasteiger partial charge on any atom is 0.263 e. The molecule has 0 fully saturated rings. The standard InChI is InChI=1S/C17H14N4O2S/c1-10-14(12-6-4-3-5-7-12)15-16(24-10)18-9-21(17(15)22)8-13-19-11(2)20-23-13/h3-7,9H,8H2,1-2H3. The Morgan fingerprint density at radius 2 is 2.00 bits per heavy atom. The zero-order valence-corrected chi connectivity index (χ0v) is 14.0. The first-order valence-electron chi connectivity index (χ1n) is 7.46. The normalized spacial score (nSPS) is 11.2. The lowest BCUT2D eigenvalue weighted by atomic mass is 10.0. The summed E-state index contributed by atoms with van der Waals surface area (Å²) in [7, 11) is 0. The second kappa shape index (κ2) is 5.68. The smallest absolute Gasteiger partial charge is 0.263 e. The van der Waals surface area contributed by atoms with Gasteiger partial charge in [0.25, 0.3) is 5.56 Å². The van der Waals surface area contributed by atoms with E-state index in [0.717, 1.165) is 20.8 Å². The van der Waals surface area contributed by atoms with Crippen LogP contribution in [0.2, 0.25) is 0 Å². The molecule has 0 aliphatic heterocycles. The number of benzene rings is 1. The molecule has 1 aromatic carbocycles. The van der Waals surface area contributed by atoms with Gasteiger partial charge in [0.1, 0.15) is 11.4 Å². The van der Waals surface area contributed by atoms with Crippen LogP contribution in [0.5, 0.6) is 0 Å². The van der Waals surface area contributed by atoms with Crippen molar-refractivity contribution in [2.24, 2.45) is 0 Å². The molecule has 0 saturated carbocycles. The van der Waals surface area contributed by atoms with Gasteiger partial charge in [-0.05, 0) is 19.4 Å². The number of hydrogen-bond donors (Lipinski definition) is 0. The van der Waals surface area contributed by atoms with E-state index in [2.05, 4.69) is 15.1 Å². The van der Waals surface area contributed by atoms with Crippen LogP contribution in [0.1, 0.15) is 16.6 Å². The predicted octanol–water partition coefficient (Wildman–Crippen LogP) is 3.17. The van der Waals surface area contributed by atoms with Gasteiger partial charge < -0.3 is 4.52 Å². The fourth-order valence-corrected chi connectivity index (χ4v) is 3.76. The lowest BCUT2D eigenvalue weighted by molar-refractivity contribution is 0.366.